The molecular formula is C20H42O5. The predicted molar refractivity (Wildman–Crippen MR) is 101 cm³/mol. The Bertz CT molecular complexity index is 298. The zero-order chi connectivity index (χ0) is 19.2. The summed E-state index contributed by atoms with van der Waals surface area (Å²) in [6, 6.07) is 0. The number of unbranched alkanes of at least 4 members (excludes halogenated alkanes) is 6. The molecule has 0 heterocycles. The van der Waals surface area contributed by atoms with Gasteiger partial charge in [-0.1, -0.05) is 65.2 Å². The molecule has 0 aromatic carbocycles. The first-order valence-corrected chi connectivity index (χ1v) is 9.95. The molecule has 0 saturated carbocycles. The topological polar surface area (TPSA) is 68.2 Å². The third-order valence-electron chi connectivity index (χ3n) is 5.31. The molecule has 2 N–H and O–H groups in total. The molecule has 0 aliphatic rings. The Morgan fingerprint density at radius 1 is 0.760 bits per heavy atom. The maximum Gasteiger partial charge on any atom is 0.288 e. The second kappa shape index (κ2) is 13.9. The van der Waals surface area contributed by atoms with Crippen molar-refractivity contribution < 1.29 is 24.4 Å². The van der Waals surface area contributed by atoms with E-state index in [-0.39, 0.29) is 6.61 Å². The smallest absolute Gasteiger partial charge is 0.288 e. The minimum Gasteiger partial charge on any atom is -0.394 e. The summed E-state index contributed by atoms with van der Waals surface area (Å²) in [4.78, 5) is 0. The van der Waals surface area contributed by atoms with Gasteiger partial charge < -0.3 is 24.4 Å². The Labute approximate surface area is 155 Å². The fourth-order valence-electron chi connectivity index (χ4n) is 3.93. The van der Waals surface area contributed by atoms with Gasteiger partial charge in [-0.15, -0.1) is 0 Å². The van der Waals surface area contributed by atoms with E-state index in [9.17, 15) is 10.2 Å². The van der Waals surface area contributed by atoms with E-state index >= 15 is 0 Å². The van der Waals surface area contributed by atoms with Crippen molar-refractivity contribution in [2.24, 2.45) is 5.41 Å². The third kappa shape index (κ3) is 7.51. The Morgan fingerprint density at radius 3 is 1.72 bits per heavy atom. The zero-order valence-electron chi connectivity index (χ0n) is 17.2. The SMILES string of the molecule is CCCCCCCCC(CCCC)(CC(O)CO)C(OC)(OC)OC. The summed E-state index contributed by atoms with van der Waals surface area (Å²) in [5.74, 6) is -1.21. The van der Waals surface area contributed by atoms with Gasteiger partial charge in [-0.3, -0.25) is 0 Å². The quantitative estimate of drug-likeness (QED) is 0.299. The van der Waals surface area contributed by atoms with Crippen LogP contribution in [0.4, 0.5) is 0 Å². The number of hydrogen-bond acceptors (Lipinski definition) is 5. The van der Waals surface area contributed by atoms with E-state index in [1.165, 1.54) is 25.7 Å². The van der Waals surface area contributed by atoms with Crippen molar-refractivity contribution in [3.05, 3.63) is 0 Å². The van der Waals surface area contributed by atoms with Crippen LogP contribution in [0.1, 0.15) is 84.5 Å². The number of aliphatic hydroxyl groups is 2. The van der Waals surface area contributed by atoms with E-state index in [1.54, 1.807) is 21.3 Å². The molecule has 0 amide bonds. The van der Waals surface area contributed by atoms with Gasteiger partial charge in [0.25, 0.3) is 5.97 Å². The van der Waals surface area contributed by atoms with Gasteiger partial charge in [0.15, 0.2) is 0 Å². The van der Waals surface area contributed by atoms with Crippen molar-refractivity contribution in [3.63, 3.8) is 0 Å². The van der Waals surface area contributed by atoms with Gasteiger partial charge in [0.2, 0.25) is 0 Å². The largest absolute Gasteiger partial charge is 0.394 e. The van der Waals surface area contributed by atoms with Gasteiger partial charge in [0, 0.05) is 21.3 Å². The lowest BCUT2D eigenvalue weighted by molar-refractivity contribution is -0.413. The second-order valence-electron chi connectivity index (χ2n) is 7.11. The van der Waals surface area contributed by atoms with Crippen LogP contribution in [0.25, 0.3) is 0 Å². The van der Waals surface area contributed by atoms with Gasteiger partial charge in [-0.2, -0.15) is 0 Å². The normalized spacial score (nSPS) is 16.0. The van der Waals surface area contributed by atoms with E-state index in [2.05, 4.69) is 13.8 Å². The molecule has 5 nitrogen and oxygen atoms in total. The average Bonchev–Trinajstić information content (AvgIpc) is 2.64. The first kappa shape index (κ1) is 24.8. The van der Waals surface area contributed by atoms with Crippen molar-refractivity contribution >= 4 is 0 Å². The highest BCUT2D eigenvalue weighted by Gasteiger charge is 2.53. The van der Waals surface area contributed by atoms with Gasteiger partial charge in [-0.05, 0) is 19.3 Å². The summed E-state index contributed by atoms with van der Waals surface area (Å²) >= 11 is 0. The van der Waals surface area contributed by atoms with E-state index in [0.717, 1.165) is 38.5 Å². The first-order valence-electron chi connectivity index (χ1n) is 9.95. The van der Waals surface area contributed by atoms with Crippen LogP contribution >= 0.6 is 0 Å². The lowest BCUT2D eigenvalue weighted by atomic mass is 9.71. The summed E-state index contributed by atoms with van der Waals surface area (Å²) in [5.41, 5.74) is -0.492. The standard InChI is InChI=1S/C20H42O5/c1-6-8-10-11-12-13-15-19(14-9-7-2,16-18(22)17-21)20(23-3,24-4)25-5/h18,21-22H,6-17H2,1-5H3. The molecule has 0 aromatic heterocycles. The molecule has 5 heteroatoms. The van der Waals surface area contributed by atoms with E-state index in [0.29, 0.717) is 6.42 Å². The van der Waals surface area contributed by atoms with Crippen molar-refractivity contribution in [1.29, 1.82) is 0 Å². The van der Waals surface area contributed by atoms with E-state index < -0.39 is 17.5 Å². The maximum absolute atomic E-state index is 10.2. The van der Waals surface area contributed by atoms with Crippen LogP contribution in [0, 0.1) is 5.41 Å². The highest BCUT2D eigenvalue weighted by atomic mass is 16.9. The summed E-state index contributed by atoms with van der Waals surface area (Å²) in [6.45, 7) is 4.10. The number of methoxy groups -OCH3 is 3. The highest BCUT2D eigenvalue weighted by Crippen LogP contribution is 2.48. The first-order chi connectivity index (χ1) is 12.0. The molecular weight excluding hydrogens is 320 g/mol. The molecule has 2 atom stereocenters. The zero-order valence-corrected chi connectivity index (χ0v) is 17.2. The molecule has 0 aliphatic carbocycles. The minimum atomic E-state index is -1.21. The van der Waals surface area contributed by atoms with Crippen LogP contribution in [0.3, 0.4) is 0 Å². The van der Waals surface area contributed by atoms with Gasteiger partial charge in [-0.25, -0.2) is 0 Å². The molecule has 0 aliphatic heterocycles. The molecule has 0 bridgehead atoms. The Hall–Kier alpha value is -0.200. The van der Waals surface area contributed by atoms with Crippen molar-refractivity contribution in [1.82, 2.24) is 0 Å². The van der Waals surface area contributed by atoms with Crippen LogP contribution < -0.4 is 0 Å². The summed E-state index contributed by atoms with van der Waals surface area (Å²) in [6.07, 6.45) is 10.5. The molecule has 0 aromatic rings. The number of ether oxygens (including phenoxy) is 3. The Balaban J connectivity index is 5.30. The van der Waals surface area contributed by atoms with Crippen LogP contribution in [-0.2, 0) is 14.2 Å². The Morgan fingerprint density at radius 2 is 1.24 bits per heavy atom. The summed E-state index contributed by atoms with van der Waals surface area (Å²) < 4.78 is 17.1. The molecule has 0 fully saturated rings. The second-order valence-corrected chi connectivity index (χ2v) is 7.11. The molecule has 25 heavy (non-hydrogen) atoms. The molecule has 0 radical (unpaired) electrons. The van der Waals surface area contributed by atoms with Crippen LogP contribution in [0.2, 0.25) is 0 Å². The Kier molecular flexibility index (Phi) is 13.8. The number of rotatable bonds is 17. The van der Waals surface area contributed by atoms with Crippen molar-refractivity contribution in [3.8, 4) is 0 Å². The fraction of sp³-hybridized carbons (Fsp3) is 1.00. The summed E-state index contributed by atoms with van der Waals surface area (Å²) in [7, 11) is 4.75. The fourth-order valence-corrected chi connectivity index (χ4v) is 3.93. The van der Waals surface area contributed by atoms with Crippen LogP contribution in [0.5, 0.6) is 0 Å². The van der Waals surface area contributed by atoms with Gasteiger partial charge in [0.1, 0.15) is 0 Å². The van der Waals surface area contributed by atoms with Gasteiger partial charge in [0.05, 0.1) is 18.1 Å². The minimum absolute atomic E-state index is 0.266. The lowest BCUT2D eigenvalue weighted by Gasteiger charge is -2.48. The van der Waals surface area contributed by atoms with Gasteiger partial charge >= 0.3 is 0 Å². The number of hydrogen-bond donors (Lipinski definition) is 2. The molecule has 0 saturated heterocycles. The third-order valence-corrected chi connectivity index (χ3v) is 5.31. The monoisotopic (exact) mass is 362 g/mol. The van der Waals surface area contributed by atoms with E-state index in [1.807, 2.05) is 0 Å². The molecule has 0 spiro atoms. The van der Waals surface area contributed by atoms with Crippen LogP contribution in [-0.4, -0.2) is 50.2 Å². The maximum atomic E-state index is 10.2. The molecule has 0 rings (SSSR count). The lowest BCUT2D eigenvalue weighted by Crippen LogP contribution is -2.54. The van der Waals surface area contributed by atoms with Crippen LogP contribution in [0.15, 0.2) is 0 Å². The van der Waals surface area contributed by atoms with E-state index in [4.69, 9.17) is 14.2 Å². The highest BCUT2D eigenvalue weighted by molar-refractivity contribution is 4.91. The molecule has 152 valence electrons. The average molecular weight is 363 g/mol. The molecule has 2 unspecified atom stereocenters. The van der Waals surface area contributed by atoms with Crippen molar-refractivity contribution in [2.75, 3.05) is 27.9 Å². The van der Waals surface area contributed by atoms with Crippen molar-refractivity contribution in [2.45, 2.75) is 96.6 Å². The number of aliphatic hydroxyl groups excluding tert-OH is 2. The predicted octanol–water partition coefficient (Wildman–Crippen LogP) is 4.25. The summed E-state index contributed by atoms with van der Waals surface area (Å²) in [5, 5.41) is 19.6.